The van der Waals surface area contributed by atoms with E-state index in [-0.39, 0.29) is 22.8 Å². The predicted molar refractivity (Wildman–Crippen MR) is 163 cm³/mol. The van der Waals surface area contributed by atoms with E-state index in [4.69, 9.17) is 21.1 Å². The Balaban J connectivity index is 1.37. The van der Waals surface area contributed by atoms with E-state index in [0.29, 0.717) is 27.8 Å². The highest BCUT2D eigenvalue weighted by Crippen LogP contribution is 2.38. The number of esters is 1. The number of ether oxygens (including phenoxy) is 2. The van der Waals surface area contributed by atoms with E-state index in [1.54, 1.807) is 6.07 Å². The first-order valence-corrected chi connectivity index (χ1v) is 13.6. The van der Waals surface area contributed by atoms with E-state index < -0.39 is 23.6 Å². The first-order valence-electron chi connectivity index (χ1n) is 13.2. The molecule has 0 bridgehead atoms. The van der Waals surface area contributed by atoms with Gasteiger partial charge in [-0.05, 0) is 73.5 Å². The summed E-state index contributed by atoms with van der Waals surface area (Å²) in [6.07, 6.45) is -3.24. The summed E-state index contributed by atoms with van der Waals surface area (Å²) in [6.45, 7) is 3.93. The van der Waals surface area contributed by atoms with E-state index in [0.717, 1.165) is 34.2 Å². The molecule has 0 aliphatic heterocycles. The summed E-state index contributed by atoms with van der Waals surface area (Å²) in [4.78, 5) is 29.2. The van der Waals surface area contributed by atoms with Crippen LogP contribution >= 0.6 is 11.6 Å². The fourth-order valence-electron chi connectivity index (χ4n) is 4.82. The molecule has 0 atom stereocenters. The highest BCUT2D eigenvalue weighted by Gasteiger charge is 2.31. The first-order chi connectivity index (χ1) is 21.0. The van der Waals surface area contributed by atoms with Crippen molar-refractivity contribution in [3.63, 3.8) is 0 Å². The van der Waals surface area contributed by atoms with Gasteiger partial charge in [0.15, 0.2) is 11.5 Å². The standard InChI is InChI=1S/C33H25ClF3N3O4/c1-18-13-19(2)29-24(14-18)28(23-9-4-5-10-25(23)34)30(39-29)31(41)40-38-17-20-11-12-26(27(15-20)43-3)44-32(42)21-7-6-8-22(16-21)33(35,36)37/h4-17,39H,1-3H3,(H,40,41). The number of methoxy groups -OCH3 is 1. The number of aromatic amines is 1. The zero-order valence-electron chi connectivity index (χ0n) is 23.7. The van der Waals surface area contributed by atoms with Crippen molar-refractivity contribution >= 4 is 40.6 Å². The Kier molecular flexibility index (Phi) is 8.46. The van der Waals surface area contributed by atoms with Gasteiger partial charge < -0.3 is 14.5 Å². The van der Waals surface area contributed by atoms with E-state index >= 15 is 0 Å². The maximum absolute atomic E-state index is 13.4. The van der Waals surface area contributed by atoms with Gasteiger partial charge in [0.05, 0.1) is 24.5 Å². The Hall–Kier alpha value is -5.09. The molecular weight excluding hydrogens is 595 g/mol. The Bertz CT molecular complexity index is 1930. The van der Waals surface area contributed by atoms with Crippen LogP contribution in [0.25, 0.3) is 22.0 Å². The fourth-order valence-corrected chi connectivity index (χ4v) is 5.05. The first kappa shape index (κ1) is 30.4. The van der Waals surface area contributed by atoms with Crippen LogP contribution in [0.15, 0.2) is 84.0 Å². The third-order valence-corrected chi connectivity index (χ3v) is 7.14. The van der Waals surface area contributed by atoms with E-state index in [2.05, 4.69) is 15.5 Å². The van der Waals surface area contributed by atoms with Gasteiger partial charge in [-0.25, -0.2) is 10.2 Å². The number of alkyl halides is 3. The molecule has 1 aromatic heterocycles. The zero-order valence-corrected chi connectivity index (χ0v) is 24.4. The number of nitrogens with zero attached hydrogens (tertiary/aromatic N) is 1. The number of carbonyl (C=O) groups excluding carboxylic acids is 2. The van der Waals surface area contributed by atoms with Gasteiger partial charge in [0.2, 0.25) is 0 Å². The summed E-state index contributed by atoms with van der Waals surface area (Å²) in [6, 6.07) is 19.6. The minimum absolute atomic E-state index is 0.00998. The lowest BCUT2D eigenvalue weighted by atomic mass is 9.99. The molecule has 0 aliphatic carbocycles. The van der Waals surface area contributed by atoms with Crippen molar-refractivity contribution < 1.29 is 32.2 Å². The van der Waals surface area contributed by atoms with Crippen LogP contribution < -0.4 is 14.9 Å². The minimum atomic E-state index is -4.60. The lowest BCUT2D eigenvalue weighted by Gasteiger charge is -2.11. The van der Waals surface area contributed by atoms with Crippen molar-refractivity contribution in [2.45, 2.75) is 20.0 Å². The Labute approximate surface area is 255 Å². The molecule has 0 aliphatic rings. The lowest BCUT2D eigenvalue weighted by molar-refractivity contribution is -0.137. The number of H-pyrrole nitrogens is 1. The largest absolute Gasteiger partial charge is 0.493 e. The molecule has 0 radical (unpaired) electrons. The number of amides is 1. The van der Waals surface area contributed by atoms with Crippen LogP contribution in [0.3, 0.4) is 0 Å². The number of fused-ring (bicyclic) bond motifs is 1. The molecule has 11 heteroatoms. The third-order valence-electron chi connectivity index (χ3n) is 6.82. The number of hydrogen-bond donors (Lipinski definition) is 2. The van der Waals surface area contributed by atoms with Gasteiger partial charge in [0.1, 0.15) is 5.69 Å². The van der Waals surface area contributed by atoms with Gasteiger partial charge in [0.25, 0.3) is 5.91 Å². The quantitative estimate of drug-likeness (QED) is 0.0833. The van der Waals surface area contributed by atoms with Crippen molar-refractivity contribution in [3.8, 4) is 22.6 Å². The second-order valence-electron chi connectivity index (χ2n) is 9.94. The molecule has 1 amide bonds. The summed E-state index contributed by atoms with van der Waals surface area (Å²) in [5, 5.41) is 5.43. The molecule has 1 heterocycles. The Morgan fingerprint density at radius 2 is 1.73 bits per heavy atom. The monoisotopic (exact) mass is 619 g/mol. The second-order valence-corrected chi connectivity index (χ2v) is 10.3. The third kappa shape index (κ3) is 6.30. The molecule has 5 aromatic rings. The second kappa shape index (κ2) is 12.3. The molecule has 224 valence electrons. The Morgan fingerprint density at radius 1 is 0.955 bits per heavy atom. The zero-order chi connectivity index (χ0) is 31.6. The highest BCUT2D eigenvalue weighted by molar-refractivity contribution is 6.34. The number of hydrogen-bond acceptors (Lipinski definition) is 5. The summed E-state index contributed by atoms with van der Waals surface area (Å²) in [5.74, 6) is -1.36. The average Bonchev–Trinajstić information content (AvgIpc) is 3.37. The van der Waals surface area contributed by atoms with Gasteiger partial charge >= 0.3 is 12.1 Å². The predicted octanol–water partition coefficient (Wildman–Crippen LogP) is 8.12. The Morgan fingerprint density at radius 3 is 2.45 bits per heavy atom. The molecule has 44 heavy (non-hydrogen) atoms. The van der Waals surface area contributed by atoms with Gasteiger partial charge in [0, 0.05) is 27.1 Å². The van der Waals surface area contributed by atoms with Crippen molar-refractivity contribution in [2.24, 2.45) is 5.10 Å². The number of aromatic nitrogens is 1. The van der Waals surface area contributed by atoms with E-state index in [1.807, 2.05) is 44.2 Å². The summed E-state index contributed by atoms with van der Waals surface area (Å²) >= 11 is 6.53. The van der Waals surface area contributed by atoms with Gasteiger partial charge in [-0.2, -0.15) is 18.3 Å². The molecule has 0 unspecified atom stereocenters. The molecular formula is C33H25ClF3N3O4. The van der Waals surface area contributed by atoms with Crippen molar-refractivity contribution in [1.29, 1.82) is 0 Å². The molecule has 0 spiro atoms. The minimum Gasteiger partial charge on any atom is -0.493 e. The van der Waals surface area contributed by atoms with Gasteiger partial charge in [-0.15, -0.1) is 0 Å². The number of rotatable bonds is 7. The van der Waals surface area contributed by atoms with Crippen LogP contribution in [0.2, 0.25) is 5.02 Å². The number of nitrogens with one attached hydrogen (secondary N) is 2. The van der Waals surface area contributed by atoms with Crippen LogP contribution in [0.5, 0.6) is 11.5 Å². The van der Waals surface area contributed by atoms with Crippen molar-refractivity contribution in [2.75, 3.05) is 7.11 Å². The highest BCUT2D eigenvalue weighted by atomic mass is 35.5. The molecule has 5 rings (SSSR count). The molecule has 7 nitrogen and oxygen atoms in total. The number of benzene rings is 4. The molecule has 0 fully saturated rings. The number of carbonyl (C=O) groups is 2. The molecule has 0 saturated carbocycles. The van der Waals surface area contributed by atoms with Gasteiger partial charge in [-0.3, -0.25) is 4.79 Å². The van der Waals surface area contributed by atoms with Crippen LogP contribution in [0.4, 0.5) is 13.2 Å². The summed E-state index contributed by atoms with van der Waals surface area (Å²) in [5.41, 5.74) is 6.22. The van der Waals surface area contributed by atoms with Crippen LogP contribution in [0, 0.1) is 13.8 Å². The van der Waals surface area contributed by atoms with E-state index in [9.17, 15) is 22.8 Å². The number of halogens is 4. The summed E-state index contributed by atoms with van der Waals surface area (Å²) < 4.78 is 49.7. The number of aryl methyl sites for hydroxylation is 2. The normalized spacial score (nSPS) is 11.6. The van der Waals surface area contributed by atoms with E-state index in [1.165, 1.54) is 37.6 Å². The molecule has 0 saturated heterocycles. The fraction of sp³-hybridized carbons (Fsp3) is 0.121. The van der Waals surface area contributed by atoms with Crippen molar-refractivity contribution in [1.82, 2.24) is 10.4 Å². The van der Waals surface area contributed by atoms with Crippen LogP contribution in [-0.2, 0) is 6.18 Å². The maximum Gasteiger partial charge on any atom is 0.416 e. The topological polar surface area (TPSA) is 92.8 Å². The lowest BCUT2D eigenvalue weighted by Crippen LogP contribution is -2.19. The maximum atomic E-state index is 13.4. The molecule has 4 aromatic carbocycles. The van der Waals surface area contributed by atoms with Crippen LogP contribution in [-0.4, -0.2) is 30.2 Å². The number of hydrazone groups is 1. The SMILES string of the molecule is COc1cc(C=NNC(=O)c2[nH]c3c(C)cc(C)cc3c2-c2ccccc2Cl)ccc1OC(=O)c1cccc(C(F)(F)F)c1. The van der Waals surface area contributed by atoms with Crippen LogP contribution in [0.1, 0.15) is 43.1 Å². The smallest absolute Gasteiger partial charge is 0.416 e. The summed E-state index contributed by atoms with van der Waals surface area (Å²) in [7, 11) is 1.34. The van der Waals surface area contributed by atoms with Crippen molar-refractivity contribution in [3.05, 3.63) is 117 Å². The van der Waals surface area contributed by atoms with Gasteiger partial charge in [-0.1, -0.05) is 47.5 Å². The molecule has 2 N–H and O–H groups in total. The average molecular weight is 620 g/mol.